The molecule has 2 aromatic carbocycles. The molecule has 0 radical (unpaired) electrons. The van der Waals surface area contributed by atoms with Crippen molar-refractivity contribution in [1.29, 1.82) is 0 Å². The third-order valence-electron chi connectivity index (χ3n) is 4.27. The molecule has 0 aromatic heterocycles. The predicted octanol–water partition coefficient (Wildman–Crippen LogP) is 2.59. The van der Waals surface area contributed by atoms with Crippen LogP contribution in [-0.4, -0.2) is 33.2 Å². The molecule has 1 aliphatic heterocycles. The number of nitrogens with zero attached hydrogens (tertiary/aromatic N) is 1. The van der Waals surface area contributed by atoms with E-state index in [4.69, 9.17) is 0 Å². The molecule has 1 N–H and O–H groups in total. The number of nitrogens with one attached hydrogen (secondary N) is 1. The van der Waals surface area contributed by atoms with E-state index in [2.05, 4.69) is 17.4 Å². The van der Waals surface area contributed by atoms with Crippen LogP contribution in [0.5, 0.6) is 0 Å². The Morgan fingerprint density at radius 1 is 1.08 bits per heavy atom. The first-order valence-corrected chi connectivity index (χ1v) is 10.1. The van der Waals surface area contributed by atoms with Gasteiger partial charge in [0.15, 0.2) is 0 Å². The Morgan fingerprint density at radius 2 is 1.88 bits per heavy atom. The minimum Gasteiger partial charge on any atom is -0.352 e. The predicted molar refractivity (Wildman–Crippen MR) is 99.3 cm³/mol. The van der Waals surface area contributed by atoms with Crippen molar-refractivity contribution in [3.05, 3.63) is 65.7 Å². The van der Waals surface area contributed by atoms with Gasteiger partial charge in [-0.3, -0.25) is 9.10 Å². The summed E-state index contributed by atoms with van der Waals surface area (Å²) in [6.45, 7) is 1.06. The van der Waals surface area contributed by atoms with Gasteiger partial charge in [0.05, 0.1) is 11.4 Å². The number of carbonyl (C=O) groups excluding carboxylic acids is 1. The molecule has 0 spiro atoms. The molecule has 5 nitrogen and oxygen atoms in total. The number of sulfonamides is 1. The summed E-state index contributed by atoms with van der Waals surface area (Å²) in [4.78, 5) is 12.3. The third-order valence-corrected chi connectivity index (χ3v) is 6.14. The fourth-order valence-corrected chi connectivity index (χ4v) is 4.53. The van der Waals surface area contributed by atoms with Crippen molar-refractivity contribution in [2.24, 2.45) is 0 Å². The average molecular weight is 358 g/mol. The molecule has 132 valence electrons. The van der Waals surface area contributed by atoms with Gasteiger partial charge in [0.2, 0.25) is 10.0 Å². The molecule has 2 aromatic rings. The largest absolute Gasteiger partial charge is 0.352 e. The molecular formula is C19H22N2O3S. The maximum Gasteiger partial charge on any atom is 0.251 e. The van der Waals surface area contributed by atoms with Gasteiger partial charge in [-0.25, -0.2) is 8.42 Å². The molecule has 3 rings (SSSR count). The van der Waals surface area contributed by atoms with Crippen LogP contribution < -0.4 is 9.62 Å². The number of rotatable bonds is 6. The second kappa shape index (κ2) is 7.70. The SMILES string of the molecule is O=C(NCCCc1ccccc1)c1cccc(N2CCCS2(=O)=O)c1. The zero-order chi connectivity index (χ0) is 17.7. The van der Waals surface area contributed by atoms with Gasteiger partial charge in [-0.2, -0.15) is 0 Å². The molecule has 25 heavy (non-hydrogen) atoms. The number of benzene rings is 2. The Balaban J connectivity index is 1.56. The number of aryl methyl sites for hydroxylation is 1. The van der Waals surface area contributed by atoms with Gasteiger partial charge in [-0.05, 0) is 43.0 Å². The first-order chi connectivity index (χ1) is 12.1. The van der Waals surface area contributed by atoms with Crippen molar-refractivity contribution >= 4 is 21.6 Å². The molecular weight excluding hydrogens is 336 g/mol. The van der Waals surface area contributed by atoms with Crippen LogP contribution in [0.4, 0.5) is 5.69 Å². The van der Waals surface area contributed by atoms with Crippen molar-refractivity contribution in [2.45, 2.75) is 19.3 Å². The van der Waals surface area contributed by atoms with Crippen molar-refractivity contribution in [3.63, 3.8) is 0 Å². The van der Waals surface area contributed by atoms with Crippen molar-refractivity contribution < 1.29 is 13.2 Å². The maximum atomic E-state index is 12.3. The van der Waals surface area contributed by atoms with E-state index < -0.39 is 10.0 Å². The summed E-state index contributed by atoms with van der Waals surface area (Å²) in [5, 5.41) is 2.90. The Bertz CT molecular complexity index is 835. The highest BCUT2D eigenvalue weighted by molar-refractivity contribution is 7.93. The number of hydrogen-bond acceptors (Lipinski definition) is 3. The Labute approximate surface area is 148 Å². The smallest absolute Gasteiger partial charge is 0.251 e. The molecule has 0 saturated carbocycles. The summed E-state index contributed by atoms with van der Waals surface area (Å²) in [5.74, 6) is -0.00498. The second-order valence-corrected chi connectivity index (χ2v) is 8.15. The van der Waals surface area contributed by atoms with Crippen LogP contribution in [-0.2, 0) is 16.4 Å². The molecule has 0 bridgehead atoms. The van der Waals surface area contributed by atoms with Gasteiger partial charge < -0.3 is 5.32 Å². The van der Waals surface area contributed by atoms with Crippen LogP contribution in [0, 0.1) is 0 Å². The first-order valence-electron chi connectivity index (χ1n) is 8.49. The highest BCUT2D eigenvalue weighted by Gasteiger charge is 2.28. The van der Waals surface area contributed by atoms with Crippen LogP contribution in [0.1, 0.15) is 28.8 Å². The standard InChI is InChI=1S/C19H22N2O3S/c22-19(20-12-5-9-16-7-2-1-3-8-16)17-10-4-11-18(15-17)21-13-6-14-25(21,23)24/h1-4,7-8,10-11,15H,5-6,9,12-14H2,(H,20,22). The lowest BCUT2D eigenvalue weighted by Crippen LogP contribution is -2.27. The summed E-state index contributed by atoms with van der Waals surface area (Å²) in [5.41, 5.74) is 2.30. The topological polar surface area (TPSA) is 66.5 Å². The van der Waals surface area contributed by atoms with Crippen molar-refractivity contribution in [1.82, 2.24) is 5.32 Å². The number of hydrogen-bond donors (Lipinski definition) is 1. The minimum absolute atomic E-state index is 0.170. The lowest BCUT2D eigenvalue weighted by atomic mass is 10.1. The zero-order valence-corrected chi connectivity index (χ0v) is 14.8. The van der Waals surface area contributed by atoms with E-state index in [1.807, 2.05) is 18.2 Å². The summed E-state index contributed by atoms with van der Waals surface area (Å²) in [6.07, 6.45) is 2.39. The Morgan fingerprint density at radius 3 is 2.60 bits per heavy atom. The van der Waals surface area contributed by atoms with Gasteiger partial charge in [0, 0.05) is 18.7 Å². The molecule has 6 heteroatoms. The lowest BCUT2D eigenvalue weighted by Gasteiger charge is -2.17. The second-order valence-electron chi connectivity index (χ2n) is 6.14. The van der Waals surface area contributed by atoms with E-state index in [0.717, 1.165) is 12.8 Å². The average Bonchev–Trinajstić information content (AvgIpc) is 2.99. The summed E-state index contributed by atoms with van der Waals surface area (Å²) in [6, 6.07) is 16.9. The van der Waals surface area contributed by atoms with Crippen LogP contribution in [0.25, 0.3) is 0 Å². The van der Waals surface area contributed by atoms with E-state index in [-0.39, 0.29) is 11.7 Å². The summed E-state index contributed by atoms with van der Waals surface area (Å²) >= 11 is 0. The lowest BCUT2D eigenvalue weighted by molar-refractivity contribution is 0.0953. The number of anilines is 1. The van der Waals surface area contributed by atoms with Gasteiger partial charge in [-0.1, -0.05) is 36.4 Å². The third kappa shape index (κ3) is 4.39. The van der Waals surface area contributed by atoms with Crippen LogP contribution in [0.15, 0.2) is 54.6 Å². The fraction of sp³-hybridized carbons (Fsp3) is 0.316. The number of carbonyl (C=O) groups is 1. The highest BCUT2D eigenvalue weighted by atomic mass is 32.2. The summed E-state index contributed by atoms with van der Waals surface area (Å²) < 4.78 is 25.4. The zero-order valence-electron chi connectivity index (χ0n) is 14.0. The van der Waals surface area contributed by atoms with Crippen LogP contribution in [0.3, 0.4) is 0 Å². The van der Waals surface area contributed by atoms with Crippen LogP contribution in [0.2, 0.25) is 0 Å². The van der Waals surface area contributed by atoms with E-state index in [1.54, 1.807) is 24.3 Å². The number of amides is 1. The van der Waals surface area contributed by atoms with Crippen LogP contribution >= 0.6 is 0 Å². The highest BCUT2D eigenvalue weighted by Crippen LogP contribution is 2.24. The monoisotopic (exact) mass is 358 g/mol. The van der Waals surface area contributed by atoms with E-state index >= 15 is 0 Å². The summed E-state index contributed by atoms with van der Waals surface area (Å²) in [7, 11) is -3.23. The Kier molecular flexibility index (Phi) is 5.38. The Hall–Kier alpha value is -2.34. The minimum atomic E-state index is -3.23. The molecule has 1 aliphatic rings. The normalized spacial score (nSPS) is 15.9. The van der Waals surface area contributed by atoms with Gasteiger partial charge >= 0.3 is 0 Å². The van der Waals surface area contributed by atoms with E-state index in [0.29, 0.717) is 30.8 Å². The van der Waals surface area contributed by atoms with Gasteiger partial charge in [-0.15, -0.1) is 0 Å². The molecule has 1 amide bonds. The molecule has 0 unspecified atom stereocenters. The fourth-order valence-electron chi connectivity index (χ4n) is 2.97. The van der Waals surface area contributed by atoms with E-state index in [9.17, 15) is 13.2 Å². The maximum absolute atomic E-state index is 12.3. The van der Waals surface area contributed by atoms with Gasteiger partial charge in [0.1, 0.15) is 0 Å². The molecule has 0 aliphatic carbocycles. The molecule has 1 fully saturated rings. The van der Waals surface area contributed by atoms with Gasteiger partial charge in [0.25, 0.3) is 5.91 Å². The molecule has 1 heterocycles. The van der Waals surface area contributed by atoms with E-state index in [1.165, 1.54) is 9.87 Å². The molecule has 1 saturated heterocycles. The first kappa shape index (κ1) is 17.5. The van der Waals surface area contributed by atoms with Crippen molar-refractivity contribution in [2.75, 3.05) is 23.1 Å². The molecule has 0 atom stereocenters. The quantitative estimate of drug-likeness (QED) is 0.807. The van der Waals surface area contributed by atoms with Crippen molar-refractivity contribution in [3.8, 4) is 0 Å².